The molecule has 1 saturated heterocycles. The molecule has 0 aromatic carbocycles. The first-order chi connectivity index (χ1) is 8.72. The Morgan fingerprint density at radius 3 is 2.72 bits per heavy atom. The molecule has 18 heavy (non-hydrogen) atoms. The summed E-state index contributed by atoms with van der Waals surface area (Å²) in [7, 11) is 0. The molecule has 4 nitrogen and oxygen atoms in total. The Labute approximate surface area is 113 Å². The molecule has 0 unspecified atom stereocenters. The Balaban J connectivity index is 2.33. The zero-order chi connectivity index (χ0) is 13.0. The van der Waals surface area contributed by atoms with E-state index in [1.54, 1.807) is 6.20 Å². The minimum absolute atomic E-state index is 0.386. The molecule has 0 atom stereocenters. The number of hydrogen-bond acceptors (Lipinski definition) is 4. The summed E-state index contributed by atoms with van der Waals surface area (Å²) in [5.41, 5.74) is 1.52. The smallest absolute Gasteiger partial charge is 0.160 e. The predicted octanol–water partition coefficient (Wildman–Crippen LogP) is 2.57. The molecule has 0 saturated carbocycles. The Morgan fingerprint density at radius 2 is 2.17 bits per heavy atom. The summed E-state index contributed by atoms with van der Waals surface area (Å²) in [6.07, 6.45) is 3.42. The fourth-order valence-electron chi connectivity index (χ4n) is 2.25. The lowest BCUT2D eigenvalue weighted by molar-refractivity contribution is -0.117. The molecule has 0 aliphatic carbocycles. The third kappa shape index (κ3) is 2.66. The van der Waals surface area contributed by atoms with Crippen LogP contribution in [0.1, 0.15) is 36.8 Å². The Morgan fingerprint density at radius 1 is 1.44 bits per heavy atom. The van der Waals surface area contributed by atoms with Gasteiger partial charge in [-0.25, -0.2) is 9.97 Å². The van der Waals surface area contributed by atoms with Crippen LogP contribution in [0.3, 0.4) is 0 Å². The van der Waals surface area contributed by atoms with E-state index in [2.05, 4.69) is 9.97 Å². The third-order valence-corrected chi connectivity index (χ3v) is 3.64. The second kappa shape index (κ2) is 5.95. The summed E-state index contributed by atoms with van der Waals surface area (Å²) in [5.74, 6) is 1.20. The molecule has 1 fully saturated rings. The third-order valence-electron chi connectivity index (χ3n) is 3.35. The van der Waals surface area contributed by atoms with Gasteiger partial charge in [-0.2, -0.15) is 0 Å². The summed E-state index contributed by atoms with van der Waals surface area (Å²) < 4.78 is 11.4. The van der Waals surface area contributed by atoms with Crippen LogP contribution >= 0.6 is 11.6 Å². The molecule has 5 heteroatoms. The number of ether oxygens (including phenoxy) is 2. The number of nitrogens with zero attached hydrogens (tertiary/aromatic N) is 2. The van der Waals surface area contributed by atoms with E-state index in [1.165, 1.54) is 0 Å². The van der Waals surface area contributed by atoms with Crippen molar-refractivity contribution in [3.05, 3.63) is 23.3 Å². The van der Waals surface area contributed by atoms with Gasteiger partial charge in [0.25, 0.3) is 0 Å². The molecule has 1 aliphatic rings. The molecular weight excluding hydrogens is 252 g/mol. The van der Waals surface area contributed by atoms with Crippen molar-refractivity contribution in [1.82, 2.24) is 9.97 Å². The lowest BCUT2D eigenvalue weighted by atomic mass is 9.92. The van der Waals surface area contributed by atoms with E-state index in [0.29, 0.717) is 25.7 Å². The van der Waals surface area contributed by atoms with E-state index in [9.17, 15) is 0 Å². The Bertz CT molecular complexity index is 400. The minimum atomic E-state index is -0.386. The monoisotopic (exact) mass is 270 g/mol. The molecule has 1 aromatic heterocycles. The molecule has 100 valence electrons. The average molecular weight is 271 g/mol. The quantitative estimate of drug-likeness (QED) is 0.789. The van der Waals surface area contributed by atoms with Crippen LogP contribution in [0, 0.1) is 6.92 Å². The van der Waals surface area contributed by atoms with Gasteiger partial charge >= 0.3 is 0 Å². The van der Waals surface area contributed by atoms with Crippen LogP contribution in [0.15, 0.2) is 6.20 Å². The van der Waals surface area contributed by atoms with Gasteiger partial charge in [-0.3, -0.25) is 0 Å². The van der Waals surface area contributed by atoms with Crippen LogP contribution in [-0.2, 0) is 21.0 Å². The van der Waals surface area contributed by atoms with Crippen LogP contribution < -0.4 is 0 Å². The minimum Gasteiger partial charge on any atom is -0.381 e. The van der Waals surface area contributed by atoms with E-state index in [-0.39, 0.29) is 5.60 Å². The standard InChI is InChI=1S/C13H19ClN2O2/c1-3-18-13(4-6-17-7-5-13)12-15-9-11(8-14)10(2)16-12/h9H,3-8H2,1-2H3. The molecule has 0 N–H and O–H groups in total. The topological polar surface area (TPSA) is 44.2 Å². The fourth-order valence-corrected chi connectivity index (χ4v) is 2.52. The van der Waals surface area contributed by atoms with Crippen molar-refractivity contribution in [1.29, 1.82) is 0 Å². The van der Waals surface area contributed by atoms with Gasteiger partial charge in [-0.15, -0.1) is 11.6 Å². The van der Waals surface area contributed by atoms with E-state index in [4.69, 9.17) is 21.1 Å². The van der Waals surface area contributed by atoms with Crippen LogP contribution in [0.4, 0.5) is 0 Å². The number of aryl methyl sites for hydroxylation is 1. The summed E-state index contributed by atoms with van der Waals surface area (Å²) >= 11 is 5.83. The first kappa shape index (κ1) is 13.7. The van der Waals surface area contributed by atoms with Crippen molar-refractivity contribution in [2.24, 2.45) is 0 Å². The Hall–Kier alpha value is -0.710. The van der Waals surface area contributed by atoms with Crippen LogP contribution in [0.25, 0.3) is 0 Å². The van der Waals surface area contributed by atoms with E-state index >= 15 is 0 Å². The zero-order valence-corrected chi connectivity index (χ0v) is 11.7. The van der Waals surface area contributed by atoms with Crippen molar-refractivity contribution in [3.8, 4) is 0 Å². The summed E-state index contributed by atoms with van der Waals surface area (Å²) in [5, 5.41) is 0. The molecular formula is C13H19ClN2O2. The van der Waals surface area contributed by atoms with Gasteiger partial charge in [0, 0.05) is 50.1 Å². The first-order valence-electron chi connectivity index (χ1n) is 6.32. The number of alkyl halides is 1. The van der Waals surface area contributed by atoms with Gasteiger partial charge in [0.05, 0.1) is 5.88 Å². The van der Waals surface area contributed by atoms with Crippen molar-refractivity contribution < 1.29 is 9.47 Å². The molecule has 0 amide bonds. The summed E-state index contributed by atoms with van der Waals surface area (Å²) in [6, 6.07) is 0. The van der Waals surface area contributed by atoms with Crippen molar-refractivity contribution in [2.45, 2.75) is 38.2 Å². The van der Waals surface area contributed by atoms with E-state index in [0.717, 1.165) is 29.9 Å². The number of hydrogen-bond donors (Lipinski definition) is 0. The lowest BCUT2D eigenvalue weighted by Crippen LogP contribution is -2.38. The van der Waals surface area contributed by atoms with Crippen molar-refractivity contribution in [3.63, 3.8) is 0 Å². The first-order valence-corrected chi connectivity index (χ1v) is 6.86. The molecule has 1 aliphatic heterocycles. The Kier molecular flexibility index (Phi) is 4.54. The van der Waals surface area contributed by atoms with Crippen LogP contribution in [-0.4, -0.2) is 29.8 Å². The normalized spacial score (nSPS) is 18.8. The number of aromatic nitrogens is 2. The molecule has 1 aromatic rings. The zero-order valence-electron chi connectivity index (χ0n) is 10.9. The van der Waals surface area contributed by atoms with Crippen molar-refractivity contribution >= 4 is 11.6 Å². The van der Waals surface area contributed by atoms with Gasteiger partial charge in [-0.05, 0) is 13.8 Å². The number of halogens is 1. The van der Waals surface area contributed by atoms with Gasteiger partial charge in [0.15, 0.2) is 5.82 Å². The molecule has 0 radical (unpaired) electrons. The van der Waals surface area contributed by atoms with Gasteiger partial charge < -0.3 is 9.47 Å². The van der Waals surface area contributed by atoms with Gasteiger partial charge in [-0.1, -0.05) is 0 Å². The van der Waals surface area contributed by atoms with Crippen LogP contribution in [0.2, 0.25) is 0 Å². The fraction of sp³-hybridized carbons (Fsp3) is 0.692. The van der Waals surface area contributed by atoms with E-state index < -0.39 is 0 Å². The maximum Gasteiger partial charge on any atom is 0.160 e. The molecule has 0 spiro atoms. The van der Waals surface area contributed by atoms with E-state index in [1.807, 2.05) is 13.8 Å². The summed E-state index contributed by atoms with van der Waals surface area (Å²) in [6.45, 7) is 6.00. The van der Waals surface area contributed by atoms with Crippen LogP contribution in [0.5, 0.6) is 0 Å². The van der Waals surface area contributed by atoms with Crippen molar-refractivity contribution in [2.75, 3.05) is 19.8 Å². The maximum absolute atomic E-state index is 5.95. The summed E-state index contributed by atoms with van der Waals surface area (Å²) in [4.78, 5) is 9.03. The maximum atomic E-state index is 5.95. The highest BCUT2D eigenvalue weighted by Crippen LogP contribution is 2.34. The highest BCUT2D eigenvalue weighted by atomic mass is 35.5. The van der Waals surface area contributed by atoms with Gasteiger partial charge in [0.2, 0.25) is 0 Å². The highest BCUT2D eigenvalue weighted by Gasteiger charge is 2.38. The lowest BCUT2D eigenvalue weighted by Gasteiger charge is -2.35. The number of rotatable bonds is 4. The molecule has 2 rings (SSSR count). The SMILES string of the molecule is CCOC1(c2ncc(CCl)c(C)n2)CCOCC1. The predicted molar refractivity (Wildman–Crippen MR) is 69.7 cm³/mol. The average Bonchev–Trinajstić information content (AvgIpc) is 2.40. The molecule has 2 heterocycles. The second-order valence-corrected chi connectivity index (χ2v) is 4.74. The highest BCUT2D eigenvalue weighted by molar-refractivity contribution is 6.17. The largest absolute Gasteiger partial charge is 0.381 e. The molecule has 0 bridgehead atoms. The van der Waals surface area contributed by atoms with Gasteiger partial charge in [0.1, 0.15) is 5.60 Å². The second-order valence-electron chi connectivity index (χ2n) is 4.48.